The minimum Gasteiger partial charge on any atom is -0.378 e. The highest BCUT2D eigenvalue weighted by Gasteiger charge is 2.38. The molecule has 2 aliphatic rings. The first-order chi connectivity index (χ1) is 5.79. The van der Waals surface area contributed by atoms with Crippen molar-refractivity contribution < 1.29 is 4.74 Å². The highest BCUT2D eigenvalue weighted by atomic mass is 16.5. The van der Waals surface area contributed by atoms with Gasteiger partial charge in [0.1, 0.15) is 0 Å². The molecule has 0 bridgehead atoms. The van der Waals surface area contributed by atoms with Crippen LogP contribution in [0.3, 0.4) is 0 Å². The maximum Gasteiger partial charge on any atom is 0.0581 e. The fourth-order valence-corrected chi connectivity index (χ4v) is 3.18. The van der Waals surface area contributed by atoms with Gasteiger partial charge >= 0.3 is 0 Å². The van der Waals surface area contributed by atoms with Gasteiger partial charge < -0.3 is 4.74 Å². The van der Waals surface area contributed by atoms with E-state index in [2.05, 4.69) is 13.8 Å². The standard InChI is InChI=1S/C11H20O/c1-8-7-12-9(2)11(8)10-5-3-4-6-10/h8-11H,3-7H2,1-2H3. The largest absolute Gasteiger partial charge is 0.378 e. The van der Waals surface area contributed by atoms with Crippen LogP contribution in [0.1, 0.15) is 39.5 Å². The second-order valence-corrected chi connectivity index (χ2v) is 4.64. The molecule has 1 aliphatic carbocycles. The van der Waals surface area contributed by atoms with Gasteiger partial charge in [0.2, 0.25) is 0 Å². The van der Waals surface area contributed by atoms with E-state index in [9.17, 15) is 0 Å². The highest BCUT2D eigenvalue weighted by Crippen LogP contribution is 2.41. The van der Waals surface area contributed by atoms with Crippen molar-refractivity contribution in [3.8, 4) is 0 Å². The van der Waals surface area contributed by atoms with Gasteiger partial charge in [0.25, 0.3) is 0 Å². The van der Waals surface area contributed by atoms with E-state index < -0.39 is 0 Å². The van der Waals surface area contributed by atoms with Crippen molar-refractivity contribution >= 4 is 0 Å². The Morgan fingerprint density at radius 3 is 2.25 bits per heavy atom. The molecular formula is C11H20O. The lowest BCUT2D eigenvalue weighted by Gasteiger charge is -2.24. The molecule has 1 heteroatoms. The number of hydrogen-bond donors (Lipinski definition) is 0. The maximum atomic E-state index is 5.69. The normalized spacial score (nSPS) is 44.0. The first kappa shape index (κ1) is 8.55. The summed E-state index contributed by atoms with van der Waals surface area (Å²) in [5.41, 5.74) is 0. The van der Waals surface area contributed by atoms with Gasteiger partial charge in [0, 0.05) is 6.61 Å². The number of ether oxygens (including phenoxy) is 1. The topological polar surface area (TPSA) is 9.23 Å². The third-order valence-corrected chi connectivity index (χ3v) is 3.77. The second kappa shape index (κ2) is 3.37. The molecule has 3 atom stereocenters. The summed E-state index contributed by atoms with van der Waals surface area (Å²) in [6.07, 6.45) is 6.37. The lowest BCUT2D eigenvalue weighted by molar-refractivity contribution is 0.0905. The summed E-state index contributed by atoms with van der Waals surface area (Å²) >= 11 is 0. The summed E-state index contributed by atoms with van der Waals surface area (Å²) in [5.74, 6) is 2.66. The number of rotatable bonds is 1. The zero-order chi connectivity index (χ0) is 8.55. The summed E-state index contributed by atoms with van der Waals surface area (Å²) in [5, 5.41) is 0. The molecule has 12 heavy (non-hydrogen) atoms. The SMILES string of the molecule is CC1COC(C)C1C1CCCC1. The third-order valence-electron chi connectivity index (χ3n) is 3.77. The van der Waals surface area contributed by atoms with E-state index in [4.69, 9.17) is 4.74 Å². The van der Waals surface area contributed by atoms with Gasteiger partial charge in [-0.3, -0.25) is 0 Å². The van der Waals surface area contributed by atoms with Crippen molar-refractivity contribution in [1.82, 2.24) is 0 Å². The first-order valence-electron chi connectivity index (χ1n) is 5.40. The van der Waals surface area contributed by atoms with E-state index in [1.807, 2.05) is 0 Å². The lowest BCUT2D eigenvalue weighted by atomic mass is 9.80. The molecule has 70 valence electrons. The molecule has 0 aromatic rings. The minimum atomic E-state index is 0.531. The van der Waals surface area contributed by atoms with Crippen LogP contribution in [-0.2, 0) is 4.74 Å². The van der Waals surface area contributed by atoms with Crippen LogP contribution in [0.2, 0.25) is 0 Å². The predicted molar refractivity (Wildman–Crippen MR) is 50.0 cm³/mol. The zero-order valence-corrected chi connectivity index (χ0v) is 8.25. The Hall–Kier alpha value is -0.0400. The van der Waals surface area contributed by atoms with Crippen molar-refractivity contribution in [2.75, 3.05) is 6.61 Å². The summed E-state index contributed by atoms with van der Waals surface area (Å²) in [6.45, 7) is 5.61. The van der Waals surface area contributed by atoms with Gasteiger partial charge in [0.15, 0.2) is 0 Å². The summed E-state index contributed by atoms with van der Waals surface area (Å²) in [7, 11) is 0. The van der Waals surface area contributed by atoms with Crippen LogP contribution < -0.4 is 0 Å². The van der Waals surface area contributed by atoms with Crippen molar-refractivity contribution in [2.24, 2.45) is 17.8 Å². The van der Waals surface area contributed by atoms with Crippen LogP contribution in [0.25, 0.3) is 0 Å². The Morgan fingerprint density at radius 2 is 1.75 bits per heavy atom. The van der Waals surface area contributed by atoms with Gasteiger partial charge in [-0.1, -0.05) is 32.6 Å². The van der Waals surface area contributed by atoms with Gasteiger partial charge in [-0.25, -0.2) is 0 Å². The monoisotopic (exact) mass is 168 g/mol. The van der Waals surface area contributed by atoms with Gasteiger partial charge in [-0.05, 0) is 24.7 Å². The van der Waals surface area contributed by atoms with Crippen LogP contribution in [0.4, 0.5) is 0 Å². The molecule has 2 rings (SSSR count). The molecule has 0 amide bonds. The van der Waals surface area contributed by atoms with E-state index in [-0.39, 0.29) is 0 Å². The van der Waals surface area contributed by atoms with Crippen molar-refractivity contribution in [3.05, 3.63) is 0 Å². The van der Waals surface area contributed by atoms with Crippen LogP contribution in [0.5, 0.6) is 0 Å². The third kappa shape index (κ3) is 1.39. The second-order valence-electron chi connectivity index (χ2n) is 4.64. The van der Waals surface area contributed by atoms with E-state index >= 15 is 0 Å². The Labute approximate surface area is 75.5 Å². The van der Waals surface area contributed by atoms with Gasteiger partial charge in [-0.15, -0.1) is 0 Å². The van der Waals surface area contributed by atoms with Crippen LogP contribution in [0.15, 0.2) is 0 Å². The molecule has 0 aromatic carbocycles. The average molecular weight is 168 g/mol. The Kier molecular flexibility index (Phi) is 2.40. The molecule has 3 unspecified atom stereocenters. The maximum absolute atomic E-state index is 5.69. The summed E-state index contributed by atoms with van der Waals surface area (Å²) < 4.78 is 5.69. The quantitative estimate of drug-likeness (QED) is 0.585. The Bertz CT molecular complexity index is 139. The Balaban J connectivity index is 1.99. The molecule has 2 fully saturated rings. The molecule has 0 radical (unpaired) electrons. The molecule has 1 nitrogen and oxygen atoms in total. The highest BCUT2D eigenvalue weighted by molar-refractivity contribution is 4.86. The first-order valence-corrected chi connectivity index (χ1v) is 5.40. The van der Waals surface area contributed by atoms with Gasteiger partial charge in [-0.2, -0.15) is 0 Å². The Morgan fingerprint density at radius 1 is 1.08 bits per heavy atom. The molecule has 0 spiro atoms. The molecule has 1 aliphatic heterocycles. The van der Waals surface area contributed by atoms with E-state index in [1.165, 1.54) is 25.7 Å². The van der Waals surface area contributed by atoms with E-state index in [0.717, 1.165) is 24.4 Å². The lowest BCUT2D eigenvalue weighted by Crippen LogP contribution is -2.23. The molecule has 1 heterocycles. The zero-order valence-electron chi connectivity index (χ0n) is 8.25. The number of hydrogen-bond acceptors (Lipinski definition) is 1. The van der Waals surface area contributed by atoms with Crippen LogP contribution in [-0.4, -0.2) is 12.7 Å². The molecular weight excluding hydrogens is 148 g/mol. The van der Waals surface area contributed by atoms with Gasteiger partial charge in [0.05, 0.1) is 6.10 Å². The molecule has 1 saturated carbocycles. The van der Waals surface area contributed by atoms with E-state index in [0.29, 0.717) is 6.10 Å². The fraction of sp³-hybridized carbons (Fsp3) is 1.00. The predicted octanol–water partition coefficient (Wildman–Crippen LogP) is 2.85. The average Bonchev–Trinajstić information content (AvgIpc) is 2.61. The fourth-order valence-electron chi connectivity index (χ4n) is 3.18. The summed E-state index contributed by atoms with van der Waals surface area (Å²) in [4.78, 5) is 0. The molecule has 0 N–H and O–H groups in total. The van der Waals surface area contributed by atoms with E-state index in [1.54, 1.807) is 0 Å². The minimum absolute atomic E-state index is 0.531. The van der Waals surface area contributed by atoms with Crippen molar-refractivity contribution in [3.63, 3.8) is 0 Å². The molecule has 1 saturated heterocycles. The molecule has 0 aromatic heterocycles. The van der Waals surface area contributed by atoms with Crippen LogP contribution in [0, 0.1) is 17.8 Å². The van der Waals surface area contributed by atoms with Crippen LogP contribution >= 0.6 is 0 Å². The van der Waals surface area contributed by atoms with Crippen molar-refractivity contribution in [2.45, 2.75) is 45.6 Å². The smallest absolute Gasteiger partial charge is 0.0581 e. The van der Waals surface area contributed by atoms with Crippen molar-refractivity contribution in [1.29, 1.82) is 0 Å². The summed E-state index contributed by atoms with van der Waals surface area (Å²) in [6, 6.07) is 0.